The summed E-state index contributed by atoms with van der Waals surface area (Å²) in [6.07, 6.45) is 1.33. The van der Waals surface area contributed by atoms with E-state index >= 15 is 0 Å². The summed E-state index contributed by atoms with van der Waals surface area (Å²) in [4.78, 5) is 25.2. The lowest BCUT2D eigenvalue weighted by Gasteiger charge is -2.34. The molecule has 1 aliphatic rings. The highest BCUT2D eigenvalue weighted by Crippen LogP contribution is 2.09. The lowest BCUT2D eigenvalue weighted by atomic mass is 10.1. The molecule has 1 rings (SSSR count). The molecule has 18 heavy (non-hydrogen) atoms. The molecule has 2 unspecified atom stereocenters. The van der Waals surface area contributed by atoms with Gasteiger partial charge < -0.3 is 19.7 Å². The molecule has 0 aromatic carbocycles. The van der Waals surface area contributed by atoms with Crippen molar-refractivity contribution in [2.75, 3.05) is 33.9 Å². The average Bonchev–Trinajstić information content (AvgIpc) is 2.34. The monoisotopic (exact) mass is 258 g/mol. The van der Waals surface area contributed by atoms with E-state index in [1.807, 2.05) is 6.92 Å². The standard InChI is InChI=1S/C12H22N2O4/c1-4-5-10-12(16)14(7-11(15)13-10)6-9(18-3)8-17-2/h9-10H,4-8H2,1-3H3,(H,13,15). The fourth-order valence-electron chi connectivity index (χ4n) is 2.04. The Morgan fingerprint density at radius 3 is 2.72 bits per heavy atom. The molecule has 1 heterocycles. The number of carbonyl (C=O) groups excluding carboxylic acids is 2. The maximum Gasteiger partial charge on any atom is 0.245 e. The van der Waals surface area contributed by atoms with Crippen molar-refractivity contribution in [3.63, 3.8) is 0 Å². The van der Waals surface area contributed by atoms with Gasteiger partial charge in [-0.15, -0.1) is 0 Å². The summed E-state index contributed by atoms with van der Waals surface area (Å²) in [6.45, 7) is 2.88. The summed E-state index contributed by atoms with van der Waals surface area (Å²) in [6, 6.07) is -0.392. The fraction of sp³-hybridized carbons (Fsp3) is 0.833. The van der Waals surface area contributed by atoms with Crippen LogP contribution < -0.4 is 5.32 Å². The number of hydrogen-bond acceptors (Lipinski definition) is 4. The number of nitrogens with zero attached hydrogens (tertiary/aromatic N) is 1. The van der Waals surface area contributed by atoms with E-state index in [0.717, 1.165) is 6.42 Å². The highest BCUT2D eigenvalue weighted by atomic mass is 16.5. The van der Waals surface area contributed by atoms with E-state index in [0.29, 0.717) is 19.6 Å². The highest BCUT2D eigenvalue weighted by Gasteiger charge is 2.33. The van der Waals surface area contributed by atoms with Gasteiger partial charge in [0.15, 0.2) is 0 Å². The van der Waals surface area contributed by atoms with E-state index in [1.165, 1.54) is 0 Å². The lowest BCUT2D eigenvalue weighted by molar-refractivity contribution is -0.146. The molecule has 1 N–H and O–H groups in total. The second-order valence-electron chi connectivity index (χ2n) is 4.44. The summed E-state index contributed by atoms with van der Waals surface area (Å²) in [5.74, 6) is -0.144. The van der Waals surface area contributed by atoms with Gasteiger partial charge in [0.25, 0.3) is 0 Å². The predicted octanol–water partition coefficient (Wildman–Crippen LogP) is -0.225. The molecule has 0 saturated carbocycles. The number of carbonyl (C=O) groups is 2. The zero-order valence-corrected chi connectivity index (χ0v) is 11.3. The quantitative estimate of drug-likeness (QED) is 0.685. The molecule has 1 saturated heterocycles. The number of hydrogen-bond donors (Lipinski definition) is 1. The largest absolute Gasteiger partial charge is 0.382 e. The zero-order chi connectivity index (χ0) is 13.5. The SMILES string of the molecule is CCCC1NC(=O)CN(CC(COC)OC)C1=O. The van der Waals surface area contributed by atoms with Gasteiger partial charge in [0, 0.05) is 20.8 Å². The van der Waals surface area contributed by atoms with Crippen LogP contribution in [0.15, 0.2) is 0 Å². The van der Waals surface area contributed by atoms with Gasteiger partial charge in [-0.2, -0.15) is 0 Å². The van der Waals surface area contributed by atoms with Crippen molar-refractivity contribution >= 4 is 11.8 Å². The molecule has 2 amide bonds. The molecule has 0 bridgehead atoms. The van der Waals surface area contributed by atoms with Crippen LogP contribution in [0.1, 0.15) is 19.8 Å². The molecular weight excluding hydrogens is 236 g/mol. The van der Waals surface area contributed by atoms with Crippen molar-refractivity contribution < 1.29 is 19.1 Å². The first-order valence-electron chi connectivity index (χ1n) is 6.22. The van der Waals surface area contributed by atoms with Crippen LogP contribution in [-0.2, 0) is 19.1 Å². The van der Waals surface area contributed by atoms with Crippen molar-refractivity contribution in [3.05, 3.63) is 0 Å². The summed E-state index contributed by atoms with van der Waals surface area (Å²) in [5.41, 5.74) is 0. The molecule has 6 nitrogen and oxygen atoms in total. The van der Waals surface area contributed by atoms with E-state index in [9.17, 15) is 9.59 Å². The molecule has 0 spiro atoms. The number of nitrogens with one attached hydrogen (secondary N) is 1. The molecule has 2 atom stereocenters. The van der Waals surface area contributed by atoms with Gasteiger partial charge in [-0.05, 0) is 6.42 Å². The van der Waals surface area contributed by atoms with Crippen molar-refractivity contribution in [2.24, 2.45) is 0 Å². The van der Waals surface area contributed by atoms with E-state index in [-0.39, 0.29) is 24.5 Å². The molecule has 0 radical (unpaired) electrons. The first kappa shape index (κ1) is 14.9. The van der Waals surface area contributed by atoms with Crippen LogP contribution >= 0.6 is 0 Å². The van der Waals surface area contributed by atoms with Crippen molar-refractivity contribution in [1.29, 1.82) is 0 Å². The molecule has 6 heteroatoms. The summed E-state index contributed by atoms with van der Waals surface area (Å²) in [7, 11) is 3.15. The smallest absolute Gasteiger partial charge is 0.245 e. The highest BCUT2D eigenvalue weighted by molar-refractivity contribution is 5.94. The number of rotatable bonds is 7. The number of ether oxygens (including phenoxy) is 2. The Hall–Kier alpha value is -1.14. The third kappa shape index (κ3) is 3.96. The van der Waals surface area contributed by atoms with Gasteiger partial charge in [-0.1, -0.05) is 13.3 Å². The van der Waals surface area contributed by atoms with Gasteiger partial charge in [-0.25, -0.2) is 0 Å². The molecule has 1 fully saturated rings. The van der Waals surface area contributed by atoms with Crippen LogP contribution in [0.5, 0.6) is 0 Å². The van der Waals surface area contributed by atoms with E-state index in [1.54, 1.807) is 19.1 Å². The minimum Gasteiger partial charge on any atom is -0.382 e. The van der Waals surface area contributed by atoms with Crippen molar-refractivity contribution in [2.45, 2.75) is 31.9 Å². The second kappa shape index (κ2) is 7.33. The third-order valence-electron chi connectivity index (χ3n) is 2.97. The Labute approximate surface area is 108 Å². The molecule has 1 aliphatic heterocycles. The van der Waals surface area contributed by atoms with Gasteiger partial charge in [0.2, 0.25) is 11.8 Å². The van der Waals surface area contributed by atoms with E-state index < -0.39 is 6.04 Å². The van der Waals surface area contributed by atoms with Crippen LogP contribution in [0.2, 0.25) is 0 Å². The molecular formula is C12H22N2O4. The Morgan fingerprint density at radius 2 is 2.17 bits per heavy atom. The predicted molar refractivity (Wildman–Crippen MR) is 66.1 cm³/mol. The minimum atomic E-state index is -0.392. The van der Waals surface area contributed by atoms with Gasteiger partial charge in [-0.3, -0.25) is 9.59 Å². The van der Waals surface area contributed by atoms with Crippen LogP contribution in [0, 0.1) is 0 Å². The molecule has 0 aromatic rings. The maximum atomic E-state index is 12.1. The number of piperazine rings is 1. The van der Waals surface area contributed by atoms with Crippen LogP contribution in [0.4, 0.5) is 0 Å². The van der Waals surface area contributed by atoms with Crippen molar-refractivity contribution in [3.8, 4) is 0 Å². The normalized spacial score (nSPS) is 21.9. The maximum absolute atomic E-state index is 12.1. The third-order valence-corrected chi connectivity index (χ3v) is 2.97. The fourth-order valence-corrected chi connectivity index (χ4v) is 2.04. The van der Waals surface area contributed by atoms with Gasteiger partial charge in [0.05, 0.1) is 19.3 Å². The minimum absolute atomic E-state index is 0.0328. The average molecular weight is 258 g/mol. The van der Waals surface area contributed by atoms with Crippen molar-refractivity contribution in [1.82, 2.24) is 10.2 Å². The van der Waals surface area contributed by atoms with E-state index in [2.05, 4.69) is 5.32 Å². The summed E-state index contributed by atoms with van der Waals surface area (Å²) in [5, 5.41) is 2.72. The van der Waals surface area contributed by atoms with Gasteiger partial charge in [0.1, 0.15) is 6.04 Å². The van der Waals surface area contributed by atoms with Crippen LogP contribution in [0.25, 0.3) is 0 Å². The molecule has 0 aromatic heterocycles. The van der Waals surface area contributed by atoms with Crippen LogP contribution in [0.3, 0.4) is 0 Å². The zero-order valence-electron chi connectivity index (χ0n) is 11.3. The summed E-state index contributed by atoms with van der Waals surface area (Å²) >= 11 is 0. The van der Waals surface area contributed by atoms with Crippen LogP contribution in [-0.4, -0.2) is 62.8 Å². The first-order chi connectivity index (χ1) is 8.62. The van der Waals surface area contributed by atoms with Gasteiger partial charge >= 0.3 is 0 Å². The first-order valence-corrected chi connectivity index (χ1v) is 6.22. The Kier molecular flexibility index (Phi) is 6.07. The molecule has 104 valence electrons. The molecule has 0 aliphatic carbocycles. The topological polar surface area (TPSA) is 67.9 Å². The second-order valence-corrected chi connectivity index (χ2v) is 4.44. The lowest BCUT2D eigenvalue weighted by Crippen LogP contribution is -2.59. The Bertz CT molecular complexity index is 296. The summed E-state index contributed by atoms with van der Waals surface area (Å²) < 4.78 is 10.2. The number of amides is 2. The van der Waals surface area contributed by atoms with E-state index in [4.69, 9.17) is 9.47 Å². The Balaban J connectivity index is 2.62. The Morgan fingerprint density at radius 1 is 1.44 bits per heavy atom. The number of methoxy groups -OCH3 is 2.